The number of aliphatic hydroxyl groups is 1. The van der Waals surface area contributed by atoms with Gasteiger partial charge in [-0.15, -0.1) is 0 Å². The summed E-state index contributed by atoms with van der Waals surface area (Å²) >= 11 is 0. The van der Waals surface area contributed by atoms with Crippen LogP contribution >= 0.6 is 0 Å². The fourth-order valence-corrected chi connectivity index (χ4v) is 4.64. The number of aromatic nitrogens is 4. The largest absolute Gasteiger partial charge is 0.393 e. The Balaban J connectivity index is 1.16. The minimum Gasteiger partial charge on any atom is -0.393 e. The molecule has 0 atom stereocenters. The Morgan fingerprint density at radius 2 is 1.61 bits per heavy atom. The zero-order chi connectivity index (χ0) is 24.5. The van der Waals surface area contributed by atoms with Gasteiger partial charge in [-0.2, -0.15) is 10.2 Å². The molecule has 1 saturated heterocycles. The van der Waals surface area contributed by atoms with Crippen LogP contribution in [0.4, 0.5) is 11.4 Å². The number of fused-ring (bicyclic) bond motifs is 1. The van der Waals surface area contributed by atoms with Gasteiger partial charge in [0.2, 0.25) is 0 Å². The van der Waals surface area contributed by atoms with E-state index in [4.69, 9.17) is 0 Å². The molecule has 0 unspecified atom stereocenters. The molecule has 0 saturated carbocycles. The van der Waals surface area contributed by atoms with E-state index >= 15 is 0 Å². The molecule has 3 aromatic carbocycles. The average Bonchev–Trinajstić information content (AvgIpc) is 3.60. The lowest BCUT2D eigenvalue weighted by Crippen LogP contribution is -2.35. The second kappa shape index (κ2) is 9.31. The van der Waals surface area contributed by atoms with Crippen molar-refractivity contribution < 1.29 is 9.90 Å². The number of carbonyl (C=O) groups excluding carboxylic acids is 1. The Kier molecular flexibility index (Phi) is 5.71. The number of nitrogens with one attached hydrogen (secondary N) is 1. The highest BCUT2D eigenvalue weighted by Gasteiger charge is 2.17. The standard InChI is InChI=1S/C28H26N6O2/c35-26-12-16-32(17-13-26)23-5-2-20(3-6-23)28(36)31-22-4-11-27-21(18-22)19-30-34(27)25-9-7-24(8-10-25)33-15-1-14-29-33/h1-11,14-15,18-19,26,35H,12-13,16-17H2,(H,31,36). The maximum absolute atomic E-state index is 12.9. The zero-order valence-electron chi connectivity index (χ0n) is 19.7. The molecule has 8 heteroatoms. The number of benzene rings is 3. The summed E-state index contributed by atoms with van der Waals surface area (Å²) in [7, 11) is 0. The van der Waals surface area contributed by atoms with Crippen molar-refractivity contribution in [1.82, 2.24) is 19.6 Å². The first kappa shape index (κ1) is 22.1. The third-order valence-corrected chi connectivity index (χ3v) is 6.65. The van der Waals surface area contributed by atoms with Gasteiger partial charge >= 0.3 is 0 Å². The van der Waals surface area contributed by atoms with Crippen molar-refractivity contribution in [2.45, 2.75) is 18.9 Å². The fourth-order valence-electron chi connectivity index (χ4n) is 4.64. The molecule has 3 heterocycles. The van der Waals surface area contributed by atoms with Gasteiger partial charge in [0.15, 0.2) is 0 Å². The normalized spacial score (nSPS) is 14.3. The fraction of sp³-hybridized carbons (Fsp3) is 0.179. The molecule has 36 heavy (non-hydrogen) atoms. The molecule has 5 aromatic rings. The van der Waals surface area contributed by atoms with Gasteiger partial charge in [0.1, 0.15) is 0 Å². The van der Waals surface area contributed by atoms with E-state index in [0.29, 0.717) is 5.56 Å². The molecule has 1 aliphatic heterocycles. The molecule has 1 fully saturated rings. The SMILES string of the molecule is O=C(Nc1ccc2c(cnn2-c2ccc(-n3cccn3)cc2)c1)c1ccc(N2CCC(O)CC2)cc1. The van der Waals surface area contributed by atoms with Crippen LogP contribution in [0.5, 0.6) is 0 Å². The first-order valence-corrected chi connectivity index (χ1v) is 12.1. The summed E-state index contributed by atoms with van der Waals surface area (Å²) in [5.41, 5.74) is 5.27. The van der Waals surface area contributed by atoms with Crippen molar-refractivity contribution in [3.63, 3.8) is 0 Å². The smallest absolute Gasteiger partial charge is 0.255 e. The van der Waals surface area contributed by atoms with E-state index in [1.165, 1.54) is 0 Å². The van der Waals surface area contributed by atoms with Crippen LogP contribution in [-0.2, 0) is 0 Å². The number of hydrogen-bond acceptors (Lipinski definition) is 5. The van der Waals surface area contributed by atoms with Crippen LogP contribution < -0.4 is 10.2 Å². The zero-order valence-corrected chi connectivity index (χ0v) is 19.7. The Hall–Kier alpha value is -4.43. The van der Waals surface area contributed by atoms with Crippen LogP contribution in [0, 0.1) is 0 Å². The van der Waals surface area contributed by atoms with Gasteiger partial charge in [0.05, 0.1) is 29.2 Å². The number of rotatable bonds is 5. The quantitative estimate of drug-likeness (QED) is 0.390. The van der Waals surface area contributed by atoms with Crippen molar-refractivity contribution in [2.75, 3.05) is 23.3 Å². The van der Waals surface area contributed by atoms with Gasteiger partial charge in [-0.05, 0) is 85.6 Å². The van der Waals surface area contributed by atoms with Crippen molar-refractivity contribution in [3.05, 3.63) is 97.0 Å². The van der Waals surface area contributed by atoms with Gasteiger partial charge in [0, 0.05) is 47.8 Å². The van der Waals surface area contributed by atoms with E-state index in [1.807, 2.05) is 88.4 Å². The Morgan fingerprint density at radius 1 is 0.889 bits per heavy atom. The van der Waals surface area contributed by atoms with Crippen LogP contribution in [0.1, 0.15) is 23.2 Å². The molecule has 0 radical (unpaired) electrons. The predicted octanol–water partition coefficient (Wildman–Crippen LogP) is 4.42. The number of carbonyl (C=O) groups is 1. The summed E-state index contributed by atoms with van der Waals surface area (Å²) < 4.78 is 3.69. The molecule has 0 bridgehead atoms. The van der Waals surface area contributed by atoms with Crippen molar-refractivity contribution in [2.24, 2.45) is 0 Å². The molecule has 0 spiro atoms. The number of aliphatic hydroxyl groups excluding tert-OH is 1. The summed E-state index contributed by atoms with van der Waals surface area (Å²) in [5.74, 6) is -0.156. The summed E-state index contributed by atoms with van der Waals surface area (Å²) in [4.78, 5) is 15.1. The summed E-state index contributed by atoms with van der Waals surface area (Å²) in [6, 6.07) is 23.3. The second-order valence-electron chi connectivity index (χ2n) is 9.02. The highest BCUT2D eigenvalue weighted by molar-refractivity contribution is 6.05. The van der Waals surface area contributed by atoms with Crippen molar-refractivity contribution >= 4 is 28.2 Å². The van der Waals surface area contributed by atoms with E-state index in [0.717, 1.165) is 59.6 Å². The minimum absolute atomic E-state index is 0.156. The average molecular weight is 479 g/mol. The first-order valence-electron chi connectivity index (χ1n) is 12.1. The van der Waals surface area contributed by atoms with Gasteiger partial charge in [-0.25, -0.2) is 9.36 Å². The predicted molar refractivity (Wildman–Crippen MR) is 140 cm³/mol. The third-order valence-electron chi connectivity index (χ3n) is 6.65. The van der Waals surface area contributed by atoms with Gasteiger partial charge in [0.25, 0.3) is 5.91 Å². The molecule has 0 aliphatic carbocycles. The van der Waals surface area contributed by atoms with E-state index in [9.17, 15) is 9.90 Å². The lowest BCUT2D eigenvalue weighted by Gasteiger charge is -2.31. The summed E-state index contributed by atoms with van der Waals surface area (Å²) in [5, 5.41) is 22.5. The van der Waals surface area contributed by atoms with Crippen LogP contribution in [0.15, 0.2) is 91.4 Å². The molecule has 1 aliphatic rings. The molecule has 8 nitrogen and oxygen atoms in total. The topological polar surface area (TPSA) is 88.2 Å². The summed E-state index contributed by atoms with van der Waals surface area (Å²) in [6.07, 6.45) is 6.81. The number of amides is 1. The monoisotopic (exact) mass is 478 g/mol. The Labute approximate surface area is 208 Å². The molecular weight excluding hydrogens is 452 g/mol. The lowest BCUT2D eigenvalue weighted by molar-refractivity contribution is 0.102. The van der Waals surface area contributed by atoms with E-state index in [2.05, 4.69) is 20.4 Å². The molecule has 2 aromatic heterocycles. The summed E-state index contributed by atoms with van der Waals surface area (Å²) in [6.45, 7) is 1.66. The Morgan fingerprint density at radius 3 is 2.33 bits per heavy atom. The minimum atomic E-state index is -0.205. The van der Waals surface area contributed by atoms with E-state index in [1.54, 1.807) is 12.4 Å². The highest BCUT2D eigenvalue weighted by atomic mass is 16.3. The van der Waals surface area contributed by atoms with Gasteiger partial charge in [-0.3, -0.25) is 4.79 Å². The number of anilines is 2. The van der Waals surface area contributed by atoms with Crippen LogP contribution in [0.2, 0.25) is 0 Å². The molecule has 180 valence electrons. The highest BCUT2D eigenvalue weighted by Crippen LogP contribution is 2.24. The Bertz CT molecular complexity index is 1480. The van der Waals surface area contributed by atoms with Crippen LogP contribution in [0.25, 0.3) is 22.3 Å². The van der Waals surface area contributed by atoms with Crippen molar-refractivity contribution in [1.29, 1.82) is 0 Å². The number of hydrogen-bond donors (Lipinski definition) is 2. The number of nitrogens with zero attached hydrogens (tertiary/aromatic N) is 5. The molecular formula is C28H26N6O2. The number of piperidine rings is 1. The maximum atomic E-state index is 12.9. The van der Waals surface area contributed by atoms with Crippen LogP contribution in [-0.4, -0.2) is 49.8 Å². The van der Waals surface area contributed by atoms with E-state index in [-0.39, 0.29) is 12.0 Å². The van der Waals surface area contributed by atoms with Crippen LogP contribution in [0.3, 0.4) is 0 Å². The molecule has 1 amide bonds. The second-order valence-corrected chi connectivity index (χ2v) is 9.02. The van der Waals surface area contributed by atoms with Gasteiger partial charge in [-0.1, -0.05) is 0 Å². The van der Waals surface area contributed by atoms with Crippen molar-refractivity contribution in [3.8, 4) is 11.4 Å². The lowest BCUT2D eigenvalue weighted by atomic mass is 10.1. The maximum Gasteiger partial charge on any atom is 0.255 e. The van der Waals surface area contributed by atoms with E-state index < -0.39 is 0 Å². The molecule has 6 rings (SSSR count). The molecule has 2 N–H and O–H groups in total. The third kappa shape index (κ3) is 4.34. The van der Waals surface area contributed by atoms with Gasteiger partial charge < -0.3 is 15.3 Å². The first-order chi connectivity index (χ1) is 17.6.